The van der Waals surface area contributed by atoms with E-state index in [9.17, 15) is 9.00 Å². The van der Waals surface area contributed by atoms with Crippen LogP contribution in [0.3, 0.4) is 0 Å². The normalized spacial score (nSPS) is 12.1. The van der Waals surface area contributed by atoms with Crippen LogP contribution in [-0.4, -0.2) is 41.1 Å². The van der Waals surface area contributed by atoms with Crippen molar-refractivity contribution in [2.45, 2.75) is 19.1 Å². The van der Waals surface area contributed by atoms with Crippen molar-refractivity contribution in [3.8, 4) is 11.5 Å². The molecule has 0 aliphatic carbocycles. The molecule has 0 bridgehead atoms. The minimum Gasteiger partial charge on any atom is -0.441 e. The Hall–Kier alpha value is -1.70. The maximum Gasteiger partial charge on any atom is 0.232 e. The number of aromatic nitrogens is 1. The molecule has 0 aliphatic heterocycles. The molecule has 1 aromatic heterocycles. The van der Waals surface area contributed by atoms with Gasteiger partial charge in [-0.15, -0.1) is 0 Å². The highest BCUT2D eigenvalue weighted by Gasteiger charge is 2.16. The van der Waals surface area contributed by atoms with E-state index in [4.69, 9.17) is 20.8 Å². The molecular formula is C17H21ClN2O4S. The summed E-state index contributed by atoms with van der Waals surface area (Å²) in [4.78, 5) is 16.1. The van der Waals surface area contributed by atoms with Crippen LogP contribution >= 0.6 is 11.6 Å². The number of rotatable bonds is 9. The summed E-state index contributed by atoms with van der Waals surface area (Å²) >= 11 is 5.87. The van der Waals surface area contributed by atoms with Gasteiger partial charge in [0.1, 0.15) is 11.5 Å². The number of carbonyl (C=O) groups is 1. The zero-order chi connectivity index (χ0) is 18.2. The third-order valence-corrected chi connectivity index (χ3v) is 4.85. The summed E-state index contributed by atoms with van der Waals surface area (Å²) in [6.45, 7) is 2.85. The van der Waals surface area contributed by atoms with Crippen molar-refractivity contribution in [3.63, 3.8) is 0 Å². The second kappa shape index (κ2) is 9.70. The SMILES string of the molecule is COCCCNC(=O)C[S@@](=O)Cc1nc(-c2ccc(Cl)cc2)oc1C. The van der Waals surface area contributed by atoms with Gasteiger partial charge in [0.2, 0.25) is 11.8 Å². The van der Waals surface area contributed by atoms with Crippen LogP contribution < -0.4 is 5.32 Å². The van der Waals surface area contributed by atoms with Gasteiger partial charge in [-0.05, 0) is 37.6 Å². The van der Waals surface area contributed by atoms with Crippen molar-refractivity contribution in [3.05, 3.63) is 40.7 Å². The summed E-state index contributed by atoms with van der Waals surface area (Å²) in [7, 11) is 0.254. The lowest BCUT2D eigenvalue weighted by Gasteiger charge is -2.04. The molecule has 6 nitrogen and oxygen atoms in total. The molecule has 0 aliphatic rings. The summed E-state index contributed by atoms with van der Waals surface area (Å²) < 4.78 is 22.7. The van der Waals surface area contributed by atoms with E-state index in [0.717, 1.165) is 12.0 Å². The first kappa shape index (κ1) is 19.6. The summed E-state index contributed by atoms with van der Waals surface area (Å²) in [5, 5.41) is 3.35. The van der Waals surface area contributed by atoms with E-state index in [1.54, 1.807) is 26.2 Å². The standard InChI is InChI=1S/C17H21ClN2O4S/c1-12-15(10-25(22)11-16(21)19-8-3-9-23-2)20-17(24-12)13-4-6-14(18)7-5-13/h4-7H,3,8-11H2,1-2H3,(H,19,21)/t25-/m0/s1. The van der Waals surface area contributed by atoms with Crippen LogP contribution in [0.25, 0.3) is 11.5 Å². The number of ether oxygens (including phenoxy) is 1. The summed E-state index contributed by atoms with van der Waals surface area (Å²) in [5.74, 6) is 0.918. The first-order valence-electron chi connectivity index (χ1n) is 7.82. The Kier molecular flexibility index (Phi) is 7.61. The van der Waals surface area contributed by atoms with E-state index in [1.807, 2.05) is 12.1 Å². The fraction of sp³-hybridized carbons (Fsp3) is 0.412. The van der Waals surface area contributed by atoms with Gasteiger partial charge in [-0.3, -0.25) is 9.00 Å². The van der Waals surface area contributed by atoms with Gasteiger partial charge in [0.25, 0.3) is 0 Å². The Labute approximate surface area is 154 Å². The number of hydrogen-bond donors (Lipinski definition) is 1. The molecule has 136 valence electrons. The van der Waals surface area contributed by atoms with E-state index < -0.39 is 10.8 Å². The number of methoxy groups -OCH3 is 1. The molecule has 1 aromatic carbocycles. The second-order valence-corrected chi connectivity index (χ2v) is 7.35. The first-order chi connectivity index (χ1) is 12.0. The number of amides is 1. The summed E-state index contributed by atoms with van der Waals surface area (Å²) in [5.41, 5.74) is 1.39. The molecule has 0 unspecified atom stereocenters. The van der Waals surface area contributed by atoms with Gasteiger partial charge in [0.15, 0.2) is 0 Å². The first-order valence-corrected chi connectivity index (χ1v) is 9.69. The molecule has 25 heavy (non-hydrogen) atoms. The quantitative estimate of drug-likeness (QED) is 0.672. The molecule has 0 fully saturated rings. The third kappa shape index (κ3) is 6.26. The topological polar surface area (TPSA) is 81.4 Å². The minimum atomic E-state index is -1.35. The minimum absolute atomic E-state index is 0.0600. The van der Waals surface area contributed by atoms with Gasteiger partial charge in [-0.1, -0.05) is 11.6 Å². The lowest BCUT2D eigenvalue weighted by molar-refractivity contribution is -0.118. The van der Waals surface area contributed by atoms with Gasteiger partial charge in [0, 0.05) is 41.6 Å². The largest absolute Gasteiger partial charge is 0.441 e. The van der Waals surface area contributed by atoms with Gasteiger partial charge in [0.05, 0.1) is 11.4 Å². The van der Waals surface area contributed by atoms with E-state index in [-0.39, 0.29) is 17.4 Å². The van der Waals surface area contributed by atoms with Crippen LogP contribution in [0.4, 0.5) is 0 Å². The lowest BCUT2D eigenvalue weighted by atomic mass is 10.2. The highest BCUT2D eigenvalue weighted by Crippen LogP contribution is 2.23. The van der Waals surface area contributed by atoms with Crippen molar-refractivity contribution < 1.29 is 18.2 Å². The lowest BCUT2D eigenvalue weighted by Crippen LogP contribution is -2.30. The molecule has 1 amide bonds. The van der Waals surface area contributed by atoms with Crippen molar-refractivity contribution in [1.82, 2.24) is 10.3 Å². The average Bonchev–Trinajstić information content (AvgIpc) is 2.93. The molecule has 8 heteroatoms. The number of oxazole rings is 1. The van der Waals surface area contributed by atoms with Crippen LogP contribution in [-0.2, 0) is 26.1 Å². The van der Waals surface area contributed by atoms with Crippen molar-refractivity contribution in [1.29, 1.82) is 0 Å². The Morgan fingerprint density at radius 3 is 2.76 bits per heavy atom. The Balaban J connectivity index is 1.90. The summed E-state index contributed by atoms with van der Waals surface area (Å²) in [6, 6.07) is 7.12. The van der Waals surface area contributed by atoms with Crippen LogP contribution in [0.2, 0.25) is 5.02 Å². The smallest absolute Gasteiger partial charge is 0.232 e. The van der Waals surface area contributed by atoms with Crippen LogP contribution in [0, 0.1) is 6.92 Å². The molecule has 0 radical (unpaired) electrons. The van der Waals surface area contributed by atoms with E-state index in [1.165, 1.54) is 0 Å². The second-order valence-electron chi connectivity index (χ2n) is 5.45. The average molecular weight is 385 g/mol. The Morgan fingerprint density at radius 2 is 2.08 bits per heavy atom. The predicted octanol–water partition coefficient (Wildman–Crippen LogP) is 2.70. The van der Waals surface area contributed by atoms with Crippen molar-refractivity contribution >= 4 is 28.3 Å². The highest BCUT2D eigenvalue weighted by atomic mass is 35.5. The Morgan fingerprint density at radius 1 is 1.36 bits per heavy atom. The van der Waals surface area contributed by atoms with Gasteiger partial charge in [-0.25, -0.2) is 4.98 Å². The van der Waals surface area contributed by atoms with Crippen LogP contribution in [0.5, 0.6) is 0 Å². The van der Waals surface area contributed by atoms with Crippen LogP contribution in [0.1, 0.15) is 17.9 Å². The highest BCUT2D eigenvalue weighted by molar-refractivity contribution is 7.84. The van der Waals surface area contributed by atoms with Crippen molar-refractivity contribution in [2.75, 3.05) is 26.0 Å². The van der Waals surface area contributed by atoms with Crippen LogP contribution in [0.15, 0.2) is 28.7 Å². The van der Waals surface area contributed by atoms with Gasteiger partial charge in [-0.2, -0.15) is 0 Å². The molecule has 0 spiro atoms. The number of halogens is 1. The molecule has 2 aromatic rings. The zero-order valence-corrected chi connectivity index (χ0v) is 15.8. The third-order valence-electron chi connectivity index (χ3n) is 3.42. The number of aryl methyl sites for hydroxylation is 1. The maximum atomic E-state index is 12.2. The molecule has 2 rings (SSSR count). The van der Waals surface area contributed by atoms with Gasteiger partial charge < -0.3 is 14.5 Å². The number of nitrogens with zero attached hydrogens (tertiary/aromatic N) is 1. The number of carbonyl (C=O) groups excluding carboxylic acids is 1. The number of hydrogen-bond acceptors (Lipinski definition) is 5. The molecule has 0 saturated carbocycles. The molecule has 1 atom stereocenters. The molecular weight excluding hydrogens is 364 g/mol. The van der Waals surface area contributed by atoms with E-state index in [0.29, 0.717) is 35.5 Å². The zero-order valence-electron chi connectivity index (χ0n) is 14.2. The monoisotopic (exact) mass is 384 g/mol. The van der Waals surface area contributed by atoms with Gasteiger partial charge >= 0.3 is 0 Å². The van der Waals surface area contributed by atoms with E-state index in [2.05, 4.69) is 10.3 Å². The maximum absolute atomic E-state index is 12.2. The van der Waals surface area contributed by atoms with Crippen molar-refractivity contribution in [2.24, 2.45) is 0 Å². The summed E-state index contributed by atoms with van der Waals surface area (Å²) in [6.07, 6.45) is 0.724. The number of benzene rings is 1. The molecule has 0 saturated heterocycles. The van der Waals surface area contributed by atoms with E-state index >= 15 is 0 Å². The fourth-order valence-corrected chi connectivity index (χ4v) is 3.32. The fourth-order valence-electron chi connectivity index (χ4n) is 2.12. The predicted molar refractivity (Wildman–Crippen MR) is 97.9 cm³/mol. The number of nitrogens with one attached hydrogen (secondary N) is 1. The molecule has 1 N–H and O–H groups in total. The Bertz CT molecular complexity index is 731. The molecule has 1 heterocycles.